The fourth-order valence-electron chi connectivity index (χ4n) is 4.86. The van der Waals surface area contributed by atoms with Crippen molar-refractivity contribution in [2.24, 2.45) is 4.99 Å². The Balaban J connectivity index is 2.04. The monoisotopic (exact) mass is 420 g/mol. The van der Waals surface area contributed by atoms with Gasteiger partial charge < -0.3 is 5.32 Å². The zero-order valence-electron chi connectivity index (χ0n) is 20.6. The zero-order valence-corrected chi connectivity index (χ0v) is 20.6. The van der Waals surface area contributed by atoms with Gasteiger partial charge in [0.15, 0.2) is 12.0 Å². The van der Waals surface area contributed by atoms with Crippen molar-refractivity contribution in [3.05, 3.63) is 12.2 Å². The number of carbonyl (C=O) groups is 1. The molecule has 1 heterocycles. The van der Waals surface area contributed by atoms with Crippen LogP contribution in [0.2, 0.25) is 0 Å². The molecule has 2 unspecified atom stereocenters. The number of allylic oxidation sites excluding steroid dienone is 2. The summed E-state index contributed by atoms with van der Waals surface area (Å²) >= 11 is 0. The van der Waals surface area contributed by atoms with E-state index in [9.17, 15) is 4.79 Å². The molecule has 0 bridgehead atoms. The number of amides is 1. The van der Waals surface area contributed by atoms with Gasteiger partial charge in [0.1, 0.15) is 6.54 Å². The highest BCUT2D eigenvalue weighted by molar-refractivity contribution is 5.78. The molecule has 1 aliphatic rings. The van der Waals surface area contributed by atoms with E-state index in [1.807, 2.05) is 0 Å². The fraction of sp³-hybridized carbons (Fsp3) is 0.846. The van der Waals surface area contributed by atoms with Crippen LogP contribution in [0.25, 0.3) is 0 Å². The number of hydrogen-bond donors (Lipinski definition) is 1. The maximum atomic E-state index is 11.5. The van der Waals surface area contributed by atoms with Gasteiger partial charge >= 0.3 is 0 Å². The molecule has 4 nitrogen and oxygen atoms in total. The third-order valence-electron chi connectivity index (χ3n) is 6.78. The highest BCUT2D eigenvalue weighted by Crippen LogP contribution is 2.23. The summed E-state index contributed by atoms with van der Waals surface area (Å²) in [6.45, 7) is 11.0. The van der Waals surface area contributed by atoms with E-state index in [-0.39, 0.29) is 12.1 Å². The van der Waals surface area contributed by atoms with E-state index >= 15 is 0 Å². The average Bonchev–Trinajstić information content (AvgIpc) is 3.14. The SMILES string of the molecule is C/C=C/CCCCCCCCCCCCCCC1=NCC[N+]1(CC)C(C)NC(C)=O. The Morgan fingerprint density at radius 2 is 1.53 bits per heavy atom. The number of carbonyl (C=O) groups excluding carboxylic acids is 1. The number of nitrogens with zero attached hydrogens (tertiary/aromatic N) is 2. The predicted molar refractivity (Wildman–Crippen MR) is 131 cm³/mol. The van der Waals surface area contributed by atoms with Crippen LogP contribution in [0.1, 0.15) is 118 Å². The molecule has 0 aromatic heterocycles. The Hall–Kier alpha value is -1.16. The van der Waals surface area contributed by atoms with Crippen molar-refractivity contribution in [1.82, 2.24) is 5.32 Å². The highest BCUT2D eigenvalue weighted by atomic mass is 16.1. The lowest BCUT2D eigenvalue weighted by molar-refractivity contribution is -0.861. The topological polar surface area (TPSA) is 41.5 Å². The van der Waals surface area contributed by atoms with E-state index in [0.29, 0.717) is 0 Å². The van der Waals surface area contributed by atoms with E-state index in [0.717, 1.165) is 30.5 Å². The molecular weight excluding hydrogens is 370 g/mol. The quantitative estimate of drug-likeness (QED) is 0.149. The van der Waals surface area contributed by atoms with Crippen LogP contribution in [0.4, 0.5) is 0 Å². The van der Waals surface area contributed by atoms with Crippen molar-refractivity contribution in [3.8, 4) is 0 Å². The van der Waals surface area contributed by atoms with Crippen LogP contribution >= 0.6 is 0 Å². The summed E-state index contributed by atoms with van der Waals surface area (Å²) in [7, 11) is 0. The highest BCUT2D eigenvalue weighted by Gasteiger charge is 2.41. The standard InChI is InChI=1S/C26H49N3O/c1-5-7-8-9-10-11-12-13-14-15-16-17-18-19-20-21-26-27-22-23-29(26,6-2)24(3)28-25(4)30/h5,7,24H,6,8-23H2,1-4H3/p+1/b7-5+. The number of unbranched alkanes of at least 4 members (excludes halogenated alkanes) is 12. The van der Waals surface area contributed by atoms with Gasteiger partial charge in [0.05, 0.1) is 13.1 Å². The lowest BCUT2D eigenvalue weighted by Crippen LogP contribution is -2.62. The first-order chi connectivity index (χ1) is 14.6. The number of rotatable bonds is 18. The third-order valence-corrected chi connectivity index (χ3v) is 6.78. The molecule has 174 valence electrons. The minimum Gasteiger partial charge on any atom is -0.307 e. The molecule has 1 aliphatic heterocycles. The maximum Gasteiger partial charge on any atom is 0.221 e. The molecule has 0 aromatic carbocycles. The Morgan fingerprint density at radius 1 is 1.00 bits per heavy atom. The molecular formula is C26H50N3O+. The molecule has 0 fully saturated rings. The summed E-state index contributed by atoms with van der Waals surface area (Å²) in [6, 6.07) is 0. The van der Waals surface area contributed by atoms with Gasteiger partial charge in [0.2, 0.25) is 5.91 Å². The van der Waals surface area contributed by atoms with Gasteiger partial charge in [0, 0.05) is 20.3 Å². The van der Waals surface area contributed by atoms with Crippen molar-refractivity contribution < 1.29 is 9.28 Å². The second kappa shape index (κ2) is 16.5. The van der Waals surface area contributed by atoms with Crippen molar-refractivity contribution in [2.45, 2.75) is 124 Å². The number of quaternary nitrogens is 1. The minimum atomic E-state index is 0.0594. The fourth-order valence-corrected chi connectivity index (χ4v) is 4.86. The molecule has 0 saturated heterocycles. The van der Waals surface area contributed by atoms with Gasteiger partial charge in [-0.1, -0.05) is 76.4 Å². The molecule has 0 saturated carbocycles. The number of amidine groups is 1. The van der Waals surface area contributed by atoms with Crippen molar-refractivity contribution in [2.75, 3.05) is 19.6 Å². The minimum absolute atomic E-state index is 0.0594. The predicted octanol–water partition coefficient (Wildman–Crippen LogP) is 6.75. The summed E-state index contributed by atoms with van der Waals surface area (Å²) in [5.41, 5.74) is 0. The van der Waals surface area contributed by atoms with Crippen LogP contribution in [0, 0.1) is 0 Å². The smallest absolute Gasteiger partial charge is 0.221 e. The van der Waals surface area contributed by atoms with E-state index in [1.54, 1.807) is 6.92 Å². The summed E-state index contributed by atoms with van der Waals surface area (Å²) in [5, 5.41) is 3.11. The summed E-state index contributed by atoms with van der Waals surface area (Å²) in [5.74, 6) is 1.37. The maximum absolute atomic E-state index is 11.5. The molecule has 0 radical (unpaired) electrons. The third kappa shape index (κ3) is 10.2. The second-order valence-corrected chi connectivity index (χ2v) is 9.10. The molecule has 1 amide bonds. The van der Waals surface area contributed by atoms with Crippen LogP contribution in [0.3, 0.4) is 0 Å². The number of hydrogen-bond acceptors (Lipinski definition) is 2. The molecule has 4 heteroatoms. The van der Waals surface area contributed by atoms with E-state index in [4.69, 9.17) is 4.99 Å². The van der Waals surface area contributed by atoms with Gasteiger partial charge in [-0.3, -0.25) is 9.28 Å². The van der Waals surface area contributed by atoms with Gasteiger partial charge in [-0.2, -0.15) is 0 Å². The van der Waals surface area contributed by atoms with Crippen molar-refractivity contribution in [1.29, 1.82) is 0 Å². The van der Waals surface area contributed by atoms with Crippen LogP contribution in [0.15, 0.2) is 17.1 Å². The van der Waals surface area contributed by atoms with Crippen LogP contribution in [0.5, 0.6) is 0 Å². The Bertz CT molecular complexity index is 514. The summed E-state index contributed by atoms with van der Waals surface area (Å²) in [6.07, 6.45) is 23.5. The molecule has 0 aliphatic carbocycles. The number of nitrogens with one attached hydrogen (secondary N) is 1. The van der Waals surface area contributed by atoms with E-state index in [1.165, 1.54) is 89.3 Å². The Labute approximate surface area is 187 Å². The molecule has 30 heavy (non-hydrogen) atoms. The second-order valence-electron chi connectivity index (χ2n) is 9.10. The lowest BCUT2D eigenvalue weighted by atomic mass is 10.0. The molecule has 0 spiro atoms. The first-order valence-corrected chi connectivity index (χ1v) is 12.9. The normalized spacial score (nSPS) is 19.9. The molecule has 0 aromatic rings. The first kappa shape index (κ1) is 26.9. The Kier molecular flexibility index (Phi) is 14.8. The van der Waals surface area contributed by atoms with Crippen LogP contribution < -0.4 is 5.32 Å². The van der Waals surface area contributed by atoms with Gasteiger partial charge in [-0.25, -0.2) is 4.99 Å². The van der Waals surface area contributed by atoms with Crippen LogP contribution in [-0.2, 0) is 4.79 Å². The summed E-state index contributed by atoms with van der Waals surface area (Å²) < 4.78 is 0.856. The van der Waals surface area contributed by atoms with Crippen molar-refractivity contribution in [3.63, 3.8) is 0 Å². The number of likely N-dealkylation sites (N-methyl/N-ethyl adjacent to an activating group) is 1. The molecule has 1 N–H and O–H groups in total. The zero-order chi connectivity index (χ0) is 22.1. The summed E-state index contributed by atoms with van der Waals surface area (Å²) in [4.78, 5) is 16.3. The number of aliphatic imine (C=N–C) groups is 1. The van der Waals surface area contributed by atoms with Crippen LogP contribution in [-0.4, -0.2) is 42.0 Å². The average molecular weight is 421 g/mol. The van der Waals surface area contributed by atoms with Crippen molar-refractivity contribution >= 4 is 11.7 Å². The van der Waals surface area contributed by atoms with E-state index in [2.05, 4.69) is 38.2 Å². The Morgan fingerprint density at radius 3 is 2.03 bits per heavy atom. The first-order valence-electron chi connectivity index (χ1n) is 12.9. The van der Waals surface area contributed by atoms with Gasteiger partial charge in [-0.15, -0.1) is 0 Å². The van der Waals surface area contributed by atoms with Gasteiger partial charge in [0.25, 0.3) is 0 Å². The molecule has 1 rings (SSSR count). The lowest BCUT2D eigenvalue weighted by Gasteiger charge is -2.39. The largest absolute Gasteiger partial charge is 0.307 e. The van der Waals surface area contributed by atoms with Gasteiger partial charge in [-0.05, 0) is 33.1 Å². The van der Waals surface area contributed by atoms with E-state index < -0.39 is 0 Å². The molecule has 2 atom stereocenters.